The molecule has 1 fully saturated rings. The van der Waals surface area contributed by atoms with E-state index in [1.54, 1.807) is 6.07 Å². The SMILES string of the molecule is CC1CCCN1c1cc(Cl)nc(S(=O)(=O)Cl)c1. The average Bonchev–Trinajstić information content (AvgIpc) is 2.62. The summed E-state index contributed by atoms with van der Waals surface area (Å²) in [6, 6.07) is 3.50. The molecule has 17 heavy (non-hydrogen) atoms. The zero-order valence-electron chi connectivity index (χ0n) is 9.23. The van der Waals surface area contributed by atoms with Crippen LogP contribution in [0.3, 0.4) is 0 Å². The van der Waals surface area contributed by atoms with Gasteiger partial charge in [-0.25, -0.2) is 13.4 Å². The van der Waals surface area contributed by atoms with E-state index in [1.807, 2.05) is 0 Å². The maximum absolute atomic E-state index is 11.3. The van der Waals surface area contributed by atoms with Crippen LogP contribution in [0.1, 0.15) is 19.8 Å². The van der Waals surface area contributed by atoms with Crippen LogP contribution in [0.2, 0.25) is 5.15 Å². The molecular formula is C10H12Cl2N2O2S. The lowest BCUT2D eigenvalue weighted by Crippen LogP contribution is -2.26. The predicted octanol–water partition coefficient (Wildman–Crippen LogP) is 2.65. The molecule has 4 nitrogen and oxygen atoms in total. The van der Waals surface area contributed by atoms with Crippen molar-refractivity contribution in [3.05, 3.63) is 17.3 Å². The Hall–Kier alpha value is -0.520. The van der Waals surface area contributed by atoms with Gasteiger partial charge in [0.2, 0.25) is 0 Å². The van der Waals surface area contributed by atoms with Gasteiger partial charge in [0.05, 0.1) is 0 Å². The van der Waals surface area contributed by atoms with Gasteiger partial charge in [-0.2, -0.15) is 0 Å². The molecule has 0 N–H and O–H groups in total. The van der Waals surface area contributed by atoms with Gasteiger partial charge in [0.25, 0.3) is 9.05 Å². The smallest absolute Gasteiger partial charge is 0.278 e. The van der Waals surface area contributed by atoms with Crippen LogP contribution in [-0.4, -0.2) is 26.0 Å². The summed E-state index contributed by atoms with van der Waals surface area (Å²) < 4.78 is 22.5. The number of aromatic nitrogens is 1. The van der Waals surface area contributed by atoms with E-state index in [9.17, 15) is 8.42 Å². The first-order chi connectivity index (χ1) is 7.88. The van der Waals surface area contributed by atoms with Crippen LogP contribution in [0.15, 0.2) is 17.2 Å². The highest BCUT2D eigenvalue weighted by molar-refractivity contribution is 8.13. The average molecular weight is 295 g/mol. The quantitative estimate of drug-likeness (QED) is 0.621. The molecule has 7 heteroatoms. The highest BCUT2D eigenvalue weighted by atomic mass is 35.7. The fourth-order valence-corrected chi connectivity index (χ4v) is 3.03. The lowest BCUT2D eigenvalue weighted by atomic mass is 10.2. The molecule has 0 amide bonds. The largest absolute Gasteiger partial charge is 0.369 e. The Morgan fingerprint density at radius 3 is 2.71 bits per heavy atom. The highest BCUT2D eigenvalue weighted by Crippen LogP contribution is 2.29. The molecular weight excluding hydrogens is 283 g/mol. The summed E-state index contributed by atoms with van der Waals surface area (Å²) >= 11 is 5.82. The van der Waals surface area contributed by atoms with Crippen LogP contribution < -0.4 is 4.90 Å². The third-order valence-electron chi connectivity index (χ3n) is 2.89. The van der Waals surface area contributed by atoms with Crippen molar-refractivity contribution in [2.24, 2.45) is 0 Å². The predicted molar refractivity (Wildman–Crippen MR) is 68.3 cm³/mol. The van der Waals surface area contributed by atoms with Crippen molar-refractivity contribution in [3.8, 4) is 0 Å². The number of nitrogens with zero attached hydrogens (tertiary/aromatic N) is 2. The van der Waals surface area contributed by atoms with Crippen LogP contribution in [0.25, 0.3) is 0 Å². The molecule has 0 spiro atoms. The van der Waals surface area contributed by atoms with E-state index in [1.165, 1.54) is 6.07 Å². The van der Waals surface area contributed by atoms with Crippen LogP contribution in [0.5, 0.6) is 0 Å². The molecule has 94 valence electrons. The molecule has 0 saturated carbocycles. The minimum absolute atomic E-state index is 0.140. The molecule has 2 heterocycles. The van der Waals surface area contributed by atoms with E-state index in [4.69, 9.17) is 22.3 Å². The van der Waals surface area contributed by atoms with Crippen molar-refractivity contribution in [2.75, 3.05) is 11.4 Å². The third-order valence-corrected chi connectivity index (χ3v) is 4.27. The topological polar surface area (TPSA) is 50.3 Å². The number of anilines is 1. The summed E-state index contributed by atoms with van der Waals surface area (Å²) in [6.45, 7) is 2.99. The molecule has 0 bridgehead atoms. The third kappa shape index (κ3) is 2.84. The number of hydrogen-bond acceptors (Lipinski definition) is 4. The first-order valence-electron chi connectivity index (χ1n) is 5.27. The van der Waals surface area contributed by atoms with Crippen LogP contribution >= 0.6 is 22.3 Å². The van der Waals surface area contributed by atoms with E-state index in [0.717, 1.165) is 25.1 Å². The molecule has 1 aromatic heterocycles. The van der Waals surface area contributed by atoms with Gasteiger partial charge in [0.15, 0.2) is 5.03 Å². The highest BCUT2D eigenvalue weighted by Gasteiger charge is 2.23. The van der Waals surface area contributed by atoms with Crippen LogP contribution in [-0.2, 0) is 9.05 Å². The Morgan fingerprint density at radius 1 is 1.47 bits per heavy atom. The van der Waals surface area contributed by atoms with Crippen molar-refractivity contribution in [3.63, 3.8) is 0 Å². The van der Waals surface area contributed by atoms with E-state index in [2.05, 4.69) is 16.8 Å². The molecule has 1 aliphatic rings. The summed E-state index contributed by atoms with van der Waals surface area (Å²) in [5, 5.41) is -0.0541. The zero-order valence-corrected chi connectivity index (χ0v) is 11.6. The van der Waals surface area contributed by atoms with Crippen molar-refractivity contribution in [2.45, 2.75) is 30.8 Å². The van der Waals surface area contributed by atoms with Crippen molar-refractivity contribution in [1.29, 1.82) is 0 Å². The van der Waals surface area contributed by atoms with E-state index in [0.29, 0.717) is 6.04 Å². The lowest BCUT2D eigenvalue weighted by molar-refractivity contribution is 0.606. The van der Waals surface area contributed by atoms with Gasteiger partial charge in [0, 0.05) is 35.0 Å². The monoisotopic (exact) mass is 294 g/mol. The van der Waals surface area contributed by atoms with Crippen LogP contribution in [0, 0.1) is 0 Å². The molecule has 2 rings (SSSR count). The standard InChI is InChI=1S/C10H12Cl2N2O2S/c1-7-3-2-4-14(7)8-5-9(11)13-10(6-8)17(12,15)16/h5-7H,2-4H2,1H3. The molecule has 1 unspecified atom stereocenters. The first kappa shape index (κ1) is 12.9. The Labute approximate surface area is 110 Å². The second-order valence-electron chi connectivity index (χ2n) is 4.11. The Balaban J connectivity index is 2.45. The van der Waals surface area contributed by atoms with Crippen LogP contribution in [0.4, 0.5) is 5.69 Å². The summed E-state index contributed by atoms with van der Waals surface area (Å²) in [5.74, 6) is 0. The maximum Gasteiger partial charge on any atom is 0.278 e. The van der Waals surface area contributed by atoms with Gasteiger partial charge in [-0.3, -0.25) is 0 Å². The number of halogens is 2. The molecule has 0 aliphatic carbocycles. The van der Waals surface area contributed by atoms with Crippen molar-refractivity contribution in [1.82, 2.24) is 4.98 Å². The second-order valence-corrected chi connectivity index (χ2v) is 7.01. The second kappa shape index (κ2) is 4.63. The van der Waals surface area contributed by atoms with Gasteiger partial charge in [0.1, 0.15) is 5.15 Å². The van der Waals surface area contributed by atoms with E-state index < -0.39 is 9.05 Å². The summed E-state index contributed by atoms with van der Waals surface area (Å²) in [5.41, 5.74) is 0.759. The summed E-state index contributed by atoms with van der Waals surface area (Å²) in [6.07, 6.45) is 2.17. The number of hydrogen-bond donors (Lipinski definition) is 0. The van der Waals surface area contributed by atoms with Crippen molar-refractivity contribution < 1.29 is 8.42 Å². The Morgan fingerprint density at radius 2 is 2.18 bits per heavy atom. The first-order valence-corrected chi connectivity index (χ1v) is 7.95. The van der Waals surface area contributed by atoms with Gasteiger partial charge >= 0.3 is 0 Å². The molecule has 1 saturated heterocycles. The van der Waals surface area contributed by atoms with Gasteiger partial charge in [-0.15, -0.1) is 0 Å². The van der Waals surface area contributed by atoms with E-state index >= 15 is 0 Å². The molecule has 1 atom stereocenters. The van der Waals surface area contributed by atoms with Gasteiger partial charge in [-0.1, -0.05) is 11.6 Å². The lowest BCUT2D eigenvalue weighted by Gasteiger charge is -2.24. The van der Waals surface area contributed by atoms with Gasteiger partial charge in [-0.05, 0) is 25.8 Å². The van der Waals surface area contributed by atoms with Gasteiger partial charge < -0.3 is 4.90 Å². The Kier molecular flexibility index (Phi) is 3.52. The number of rotatable bonds is 2. The summed E-state index contributed by atoms with van der Waals surface area (Å²) in [7, 11) is 1.43. The molecule has 0 aromatic carbocycles. The molecule has 1 aromatic rings. The number of pyridine rings is 1. The maximum atomic E-state index is 11.3. The molecule has 0 radical (unpaired) electrons. The normalized spacial score (nSPS) is 20.9. The minimum atomic E-state index is -3.84. The Bertz CT molecular complexity index is 533. The molecule has 1 aliphatic heterocycles. The van der Waals surface area contributed by atoms with E-state index in [-0.39, 0.29) is 10.2 Å². The minimum Gasteiger partial charge on any atom is -0.369 e. The van der Waals surface area contributed by atoms with Crippen molar-refractivity contribution >= 4 is 37.0 Å². The fourth-order valence-electron chi connectivity index (χ4n) is 2.07. The summed E-state index contributed by atoms with van der Waals surface area (Å²) in [4.78, 5) is 5.83. The fraction of sp³-hybridized carbons (Fsp3) is 0.500. The zero-order chi connectivity index (χ0) is 12.6.